The summed E-state index contributed by atoms with van der Waals surface area (Å²) in [5.74, 6) is 0. The smallest absolute Gasteiger partial charge is 0.317 e. The largest absolute Gasteiger partial charge is 0.338 e. The minimum Gasteiger partial charge on any atom is -0.338 e. The van der Waals surface area contributed by atoms with Crippen molar-refractivity contribution in [2.75, 3.05) is 26.7 Å². The Hall–Kier alpha value is -1.55. The number of nitrogens with one attached hydrogen (secondary N) is 1. The minimum absolute atomic E-state index is 0.0929. The monoisotopic (exact) mass is 331 g/mol. The van der Waals surface area contributed by atoms with E-state index in [-0.39, 0.29) is 12.1 Å². The SMILES string of the molecule is Cc1ccc(C2CCCN2C(=O)NCCCCN(C)C(C)C)cc1. The molecule has 1 atom stereocenters. The van der Waals surface area contributed by atoms with Gasteiger partial charge in [0.1, 0.15) is 0 Å². The molecular weight excluding hydrogens is 298 g/mol. The third kappa shape index (κ3) is 5.23. The third-order valence-electron chi connectivity index (χ3n) is 5.07. The van der Waals surface area contributed by atoms with Gasteiger partial charge in [-0.2, -0.15) is 0 Å². The summed E-state index contributed by atoms with van der Waals surface area (Å²) in [5, 5.41) is 3.11. The van der Waals surface area contributed by atoms with Crippen molar-refractivity contribution in [1.29, 1.82) is 0 Å². The number of carbonyl (C=O) groups is 1. The van der Waals surface area contributed by atoms with Crippen molar-refractivity contribution >= 4 is 6.03 Å². The molecule has 134 valence electrons. The lowest BCUT2D eigenvalue weighted by molar-refractivity contribution is 0.192. The zero-order valence-electron chi connectivity index (χ0n) is 15.7. The first-order valence-electron chi connectivity index (χ1n) is 9.30. The predicted molar refractivity (Wildman–Crippen MR) is 100 cm³/mol. The quantitative estimate of drug-likeness (QED) is 0.768. The van der Waals surface area contributed by atoms with Crippen molar-refractivity contribution in [2.24, 2.45) is 0 Å². The van der Waals surface area contributed by atoms with Crippen LogP contribution < -0.4 is 5.32 Å². The normalized spacial score (nSPS) is 17.8. The Morgan fingerprint density at radius 3 is 2.67 bits per heavy atom. The molecule has 0 saturated carbocycles. The first-order chi connectivity index (χ1) is 11.5. The van der Waals surface area contributed by atoms with Gasteiger partial charge in [-0.3, -0.25) is 0 Å². The lowest BCUT2D eigenvalue weighted by Crippen LogP contribution is -2.40. The summed E-state index contributed by atoms with van der Waals surface area (Å²) < 4.78 is 0. The highest BCUT2D eigenvalue weighted by Gasteiger charge is 2.29. The number of unbranched alkanes of at least 4 members (excludes halogenated alkanes) is 1. The molecule has 2 amide bonds. The Kier molecular flexibility index (Phi) is 7.10. The summed E-state index contributed by atoms with van der Waals surface area (Å²) in [6.07, 6.45) is 4.31. The summed E-state index contributed by atoms with van der Waals surface area (Å²) in [7, 11) is 2.15. The van der Waals surface area contributed by atoms with Crippen molar-refractivity contribution in [3.05, 3.63) is 35.4 Å². The molecule has 0 bridgehead atoms. The van der Waals surface area contributed by atoms with Crippen LogP contribution in [0.2, 0.25) is 0 Å². The molecule has 1 heterocycles. The highest BCUT2D eigenvalue weighted by atomic mass is 16.2. The van der Waals surface area contributed by atoms with E-state index < -0.39 is 0 Å². The van der Waals surface area contributed by atoms with E-state index >= 15 is 0 Å². The lowest BCUT2D eigenvalue weighted by atomic mass is 10.0. The number of urea groups is 1. The summed E-state index contributed by atoms with van der Waals surface area (Å²) in [6.45, 7) is 9.23. The third-order valence-corrected chi connectivity index (χ3v) is 5.07. The van der Waals surface area contributed by atoms with Crippen molar-refractivity contribution < 1.29 is 4.79 Å². The van der Waals surface area contributed by atoms with Gasteiger partial charge < -0.3 is 15.1 Å². The van der Waals surface area contributed by atoms with Gasteiger partial charge in [-0.1, -0.05) is 29.8 Å². The molecule has 24 heavy (non-hydrogen) atoms. The van der Waals surface area contributed by atoms with E-state index in [1.165, 1.54) is 11.1 Å². The second-order valence-electron chi connectivity index (χ2n) is 7.28. The van der Waals surface area contributed by atoms with Gasteiger partial charge in [-0.15, -0.1) is 0 Å². The Morgan fingerprint density at radius 2 is 2.00 bits per heavy atom. The first-order valence-corrected chi connectivity index (χ1v) is 9.30. The van der Waals surface area contributed by atoms with E-state index in [1.54, 1.807) is 0 Å². The number of rotatable bonds is 7. The molecule has 2 rings (SSSR count). The van der Waals surface area contributed by atoms with E-state index in [2.05, 4.69) is 62.3 Å². The summed E-state index contributed by atoms with van der Waals surface area (Å²) in [4.78, 5) is 16.9. The van der Waals surface area contributed by atoms with Crippen LogP contribution in [0.1, 0.15) is 56.7 Å². The van der Waals surface area contributed by atoms with Gasteiger partial charge in [-0.25, -0.2) is 4.79 Å². The van der Waals surface area contributed by atoms with Gasteiger partial charge in [0.05, 0.1) is 6.04 Å². The van der Waals surface area contributed by atoms with Crippen LogP contribution in [0.25, 0.3) is 0 Å². The minimum atomic E-state index is 0.0929. The summed E-state index contributed by atoms with van der Waals surface area (Å²) in [5.41, 5.74) is 2.52. The van der Waals surface area contributed by atoms with Gasteiger partial charge in [0.2, 0.25) is 0 Å². The number of carbonyl (C=O) groups excluding carboxylic acids is 1. The fourth-order valence-corrected chi connectivity index (χ4v) is 3.19. The van der Waals surface area contributed by atoms with Crippen molar-refractivity contribution in [1.82, 2.24) is 15.1 Å². The maximum atomic E-state index is 12.5. The van der Waals surface area contributed by atoms with Gasteiger partial charge in [0, 0.05) is 19.1 Å². The van der Waals surface area contributed by atoms with E-state index in [0.29, 0.717) is 6.04 Å². The molecule has 1 unspecified atom stereocenters. The zero-order chi connectivity index (χ0) is 17.5. The number of amides is 2. The van der Waals surface area contributed by atoms with Crippen LogP contribution in [0.4, 0.5) is 4.79 Å². The Morgan fingerprint density at radius 1 is 1.29 bits per heavy atom. The molecule has 1 aliphatic rings. The molecule has 1 saturated heterocycles. The van der Waals surface area contributed by atoms with Crippen LogP contribution in [-0.2, 0) is 0 Å². The van der Waals surface area contributed by atoms with Gasteiger partial charge in [0.15, 0.2) is 0 Å². The molecular formula is C20H33N3O. The van der Waals surface area contributed by atoms with E-state index in [1.807, 2.05) is 4.90 Å². The second kappa shape index (κ2) is 9.07. The molecule has 1 N–H and O–H groups in total. The van der Waals surface area contributed by atoms with E-state index in [0.717, 1.165) is 45.3 Å². The molecule has 0 aliphatic carbocycles. The second-order valence-corrected chi connectivity index (χ2v) is 7.28. The Balaban J connectivity index is 1.76. The summed E-state index contributed by atoms with van der Waals surface area (Å²) >= 11 is 0. The Bertz CT molecular complexity index is 512. The van der Waals surface area contributed by atoms with Crippen molar-refractivity contribution in [2.45, 2.75) is 58.5 Å². The number of hydrogen-bond donors (Lipinski definition) is 1. The van der Waals surface area contributed by atoms with Crippen LogP contribution in [0.15, 0.2) is 24.3 Å². The highest BCUT2D eigenvalue weighted by molar-refractivity contribution is 5.75. The highest BCUT2D eigenvalue weighted by Crippen LogP contribution is 2.31. The number of likely N-dealkylation sites (tertiary alicyclic amines) is 1. The average molecular weight is 332 g/mol. The number of hydrogen-bond acceptors (Lipinski definition) is 2. The first kappa shape index (κ1) is 18.8. The van der Waals surface area contributed by atoms with Gasteiger partial charge in [-0.05, 0) is 65.6 Å². The maximum Gasteiger partial charge on any atom is 0.317 e. The van der Waals surface area contributed by atoms with Crippen LogP contribution in [-0.4, -0.2) is 48.6 Å². The standard InChI is InChI=1S/C20H33N3O/c1-16(2)22(4)14-6-5-13-21-20(24)23-15-7-8-19(23)18-11-9-17(3)10-12-18/h9-12,16,19H,5-8,13-15H2,1-4H3,(H,21,24). The molecule has 1 fully saturated rings. The maximum absolute atomic E-state index is 12.5. The molecule has 1 aromatic rings. The molecule has 4 heteroatoms. The molecule has 0 aromatic heterocycles. The van der Waals surface area contributed by atoms with Crippen LogP contribution in [0, 0.1) is 6.92 Å². The predicted octanol–water partition coefficient (Wildman–Crippen LogP) is 3.96. The van der Waals surface area contributed by atoms with Crippen LogP contribution in [0.5, 0.6) is 0 Å². The topological polar surface area (TPSA) is 35.6 Å². The molecule has 0 radical (unpaired) electrons. The van der Waals surface area contributed by atoms with Gasteiger partial charge >= 0.3 is 6.03 Å². The van der Waals surface area contributed by atoms with E-state index in [9.17, 15) is 4.79 Å². The fraction of sp³-hybridized carbons (Fsp3) is 0.650. The van der Waals surface area contributed by atoms with Crippen molar-refractivity contribution in [3.63, 3.8) is 0 Å². The van der Waals surface area contributed by atoms with E-state index in [4.69, 9.17) is 0 Å². The molecule has 4 nitrogen and oxygen atoms in total. The van der Waals surface area contributed by atoms with Crippen LogP contribution in [0.3, 0.4) is 0 Å². The number of nitrogens with zero attached hydrogens (tertiary/aromatic N) is 2. The summed E-state index contributed by atoms with van der Waals surface area (Å²) in [6, 6.07) is 9.50. The van der Waals surface area contributed by atoms with Crippen LogP contribution >= 0.6 is 0 Å². The number of benzene rings is 1. The lowest BCUT2D eigenvalue weighted by Gasteiger charge is -2.25. The zero-order valence-corrected chi connectivity index (χ0v) is 15.7. The van der Waals surface area contributed by atoms with Gasteiger partial charge in [0.25, 0.3) is 0 Å². The molecule has 0 spiro atoms. The average Bonchev–Trinajstić information content (AvgIpc) is 3.04. The molecule has 1 aliphatic heterocycles. The fourth-order valence-electron chi connectivity index (χ4n) is 3.19. The van der Waals surface area contributed by atoms with Crippen molar-refractivity contribution in [3.8, 4) is 0 Å². The number of aryl methyl sites for hydroxylation is 1. The molecule has 1 aromatic carbocycles. The Labute approximate surface area is 147 Å².